The van der Waals surface area contributed by atoms with Crippen molar-refractivity contribution >= 4 is 17.5 Å². The fraction of sp³-hybridized carbons (Fsp3) is 0.619. The second-order valence-corrected chi connectivity index (χ2v) is 7.63. The second-order valence-electron chi connectivity index (χ2n) is 7.63. The van der Waals surface area contributed by atoms with Gasteiger partial charge < -0.3 is 20.7 Å². The number of nitrogens with one attached hydrogen (secondary N) is 3. The Morgan fingerprint density at radius 1 is 1.18 bits per heavy atom. The van der Waals surface area contributed by atoms with Crippen molar-refractivity contribution in [3.63, 3.8) is 0 Å². The molecule has 154 valence electrons. The third kappa shape index (κ3) is 7.22. The van der Waals surface area contributed by atoms with E-state index in [0.29, 0.717) is 25.3 Å². The third-order valence-electron chi connectivity index (χ3n) is 5.40. The van der Waals surface area contributed by atoms with Crippen LogP contribution < -0.4 is 16.0 Å². The quantitative estimate of drug-likeness (QED) is 0.595. The van der Waals surface area contributed by atoms with Crippen molar-refractivity contribution in [2.75, 3.05) is 51.3 Å². The van der Waals surface area contributed by atoms with Crippen molar-refractivity contribution in [2.24, 2.45) is 5.92 Å². The summed E-state index contributed by atoms with van der Waals surface area (Å²) in [5.41, 5.74) is 1.76. The van der Waals surface area contributed by atoms with Gasteiger partial charge in [-0.05, 0) is 49.5 Å². The van der Waals surface area contributed by atoms with Gasteiger partial charge in [-0.3, -0.25) is 14.5 Å². The lowest BCUT2D eigenvalue weighted by molar-refractivity contribution is -0.121. The van der Waals surface area contributed by atoms with Gasteiger partial charge in [0, 0.05) is 44.7 Å². The number of ether oxygens (including phenoxy) is 1. The van der Waals surface area contributed by atoms with E-state index in [0.717, 1.165) is 63.6 Å². The van der Waals surface area contributed by atoms with Gasteiger partial charge in [0.25, 0.3) is 0 Å². The van der Waals surface area contributed by atoms with E-state index in [1.807, 2.05) is 24.3 Å². The first-order valence-corrected chi connectivity index (χ1v) is 10.4. The maximum atomic E-state index is 12.2. The molecule has 3 rings (SSSR count). The Labute approximate surface area is 167 Å². The number of hydrogen-bond donors (Lipinski definition) is 3. The molecule has 2 heterocycles. The van der Waals surface area contributed by atoms with E-state index in [2.05, 4.69) is 20.9 Å². The standard InChI is InChI=1S/C21H32N4O3/c26-20(5-4-17-6-8-22-15-17)23-16-18-2-1-3-19(14-18)24-21(27)7-9-25-10-12-28-13-11-25/h1-3,14,17,22H,4-13,15-16H2,(H,23,26)(H,24,27). The van der Waals surface area contributed by atoms with Crippen LogP contribution in [0.4, 0.5) is 5.69 Å². The number of nitrogens with zero attached hydrogens (tertiary/aromatic N) is 1. The highest BCUT2D eigenvalue weighted by atomic mass is 16.5. The molecule has 0 aromatic heterocycles. The van der Waals surface area contributed by atoms with E-state index in [1.54, 1.807) is 0 Å². The summed E-state index contributed by atoms with van der Waals surface area (Å²) in [6.45, 7) is 6.60. The van der Waals surface area contributed by atoms with E-state index in [-0.39, 0.29) is 11.8 Å². The SMILES string of the molecule is O=C(CCC1CCNC1)NCc1cccc(NC(=O)CCN2CCOCC2)c1. The van der Waals surface area contributed by atoms with Gasteiger partial charge >= 0.3 is 0 Å². The Kier molecular flexibility index (Phi) is 8.26. The highest BCUT2D eigenvalue weighted by molar-refractivity contribution is 5.90. The van der Waals surface area contributed by atoms with Crippen LogP contribution in [0, 0.1) is 5.92 Å². The number of carbonyl (C=O) groups excluding carboxylic acids is 2. The molecule has 0 bridgehead atoms. The van der Waals surface area contributed by atoms with Crippen molar-refractivity contribution in [3.8, 4) is 0 Å². The van der Waals surface area contributed by atoms with Crippen LogP contribution in [0.5, 0.6) is 0 Å². The molecule has 3 N–H and O–H groups in total. The van der Waals surface area contributed by atoms with Gasteiger partial charge in [-0.2, -0.15) is 0 Å². The van der Waals surface area contributed by atoms with Crippen LogP contribution >= 0.6 is 0 Å². The molecule has 0 aliphatic carbocycles. The zero-order chi connectivity index (χ0) is 19.6. The Balaban J connectivity index is 1.36. The summed E-state index contributed by atoms with van der Waals surface area (Å²) in [4.78, 5) is 26.5. The summed E-state index contributed by atoms with van der Waals surface area (Å²) in [6.07, 6.45) is 3.15. The molecule has 28 heavy (non-hydrogen) atoms. The number of rotatable bonds is 9. The minimum absolute atomic E-state index is 0.0119. The first-order valence-electron chi connectivity index (χ1n) is 10.4. The van der Waals surface area contributed by atoms with Crippen molar-refractivity contribution < 1.29 is 14.3 Å². The third-order valence-corrected chi connectivity index (χ3v) is 5.40. The van der Waals surface area contributed by atoms with Gasteiger partial charge in [0.15, 0.2) is 0 Å². The molecule has 1 unspecified atom stereocenters. The highest BCUT2D eigenvalue weighted by Crippen LogP contribution is 2.15. The van der Waals surface area contributed by atoms with Crippen molar-refractivity contribution in [1.82, 2.24) is 15.5 Å². The highest BCUT2D eigenvalue weighted by Gasteiger charge is 2.15. The van der Waals surface area contributed by atoms with Gasteiger partial charge in [-0.15, -0.1) is 0 Å². The first-order chi connectivity index (χ1) is 13.7. The Hall–Kier alpha value is -1.96. The summed E-state index contributed by atoms with van der Waals surface area (Å²) < 4.78 is 5.32. The Morgan fingerprint density at radius 3 is 2.82 bits per heavy atom. The average molecular weight is 389 g/mol. The number of hydrogen-bond acceptors (Lipinski definition) is 5. The van der Waals surface area contributed by atoms with Crippen LogP contribution in [0.15, 0.2) is 24.3 Å². The summed E-state index contributed by atoms with van der Waals surface area (Å²) in [5, 5.41) is 9.27. The van der Waals surface area contributed by atoms with Crippen molar-refractivity contribution in [2.45, 2.75) is 32.2 Å². The fourth-order valence-electron chi connectivity index (χ4n) is 3.65. The zero-order valence-corrected chi connectivity index (χ0v) is 16.5. The van der Waals surface area contributed by atoms with E-state index < -0.39 is 0 Å². The molecular weight excluding hydrogens is 356 g/mol. The molecule has 2 fully saturated rings. The first kappa shape index (κ1) is 20.8. The van der Waals surface area contributed by atoms with Crippen LogP contribution in [0.2, 0.25) is 0 Å². The molecule has 7 heteroatoms. The summed E-state index contributed by atoms with van der Waals surface area (Å²) in [5.74, 6) is 0.728. The Morgan fingerprint density at radius 2 is 2.04 bits per heavy atom. The summed E-state index contributed by atoms with van der Waals surface area (Å²) >= 11 is 0. The number of benzene rings is 1. The minimum Gasteiger partial charge on any atom is -0.379 e. The molecular formula is C21H32N4O3. The van der Waals surface area contributed by atoms with Crippen LogP contribution in [0.25, 0.3) is 0 Å². The van der Waals surface area contributed by atoms with Gasteiger partial charge in [-0.25, -0.2) is 0 Å². The van der Waals surface area contributed by atoms with Crippen LogP contribution in [-0.2, 0) is 20.9 Å². The van der Waals surface area contributed by atoms with E-state index in [9.17, 15) is 9.59 Å². The molecule has 1 atom stereocenters. The number of anilines is 1. The molecule has 2 amide bonds. The lowest BCUT2D eigenvalue weighted by Gasteiger charge is -2.26. The van der Waals surface area contributed by atoms with Crippen LogP contribution in [0.1, 0.15) is 31.2 Å². The molecule has 0 saturated carbocycles. The number of morpholine rings is 1. The molecule has 0 spiro atoms. The molecule has 1 aromatic carbocycles. The van der Waals surface area contributed by atoms with Gasteiger partial charge in [-0.1, -0.05) is 12.1 Å². The van der Waals surface area contributed by atoms with Crippen molar-refractivity contribution in [1.29, 1.82) is 0 Å². The fourth-order valence-corrected chi connectivity index (χ4v) is 3.65. The number of amides is 2. The monoisotopic (exact) mass is 388 g/mol. The molecule has 7 nitrogen and oxygen atoms in total. The minimum atomic E-state index is 0.0119. The molecule has 2 aliphatic rings. The maximum Gasteiger partial charge on any atom is 0.225 e. The lowest BCUT2D eigenvalue weighted by atomic mass is 10.0. The summed E-state index contributed by atoms with van der Waals surface area (Å²) in [7, 11) is 0. The predicted molar refractivity (Wildman–Crippen MR) is 109 cm³/mol. The van der Waals surface area contributed by atoms with Gasteiger partial charge in [0.1, 0.15) is 0 Å². The molecule has 2 saturated heterocycles. The summed E-state index contributed by atoms with van der Waals surface area (Å²) in [6, 6.07) is 7.67. The van der Waals surface area contributed by atoms with Crippen LogP contribution in [-0.4, -0.2) is 62.7 Å². The normalized spacial score (nSPS) is 20.1. The van der Waals surface area contributed by atoms with Crippen LogP contribution in [0.3, 0.4) is 0 Å². The second kappa shape index (κ2) is 11.1. The number of carbonyl (C=O) groups is 2. The topological polar surface area (TPSA) is 82.7 Å². The van der Waals surface area contributed by atoms with Gasteiger partial charge in [0.2, 0.25) is 11.8 Å². The Bertz CT molecular complexity index is 640. The molecule has 2 aliphatic heterocycles. The predicted octanol–water partition coefficient (Wildman–Crippen LogP) is 1.35. The smallest absolute Gasteiger partial charge is 0.225 e. The average Bonchev–Trinajstić information content (AvgIpc) is 3.24. The maximum absolute atomic E-state index is 12.2. The van der Waals surface area contributed by atoms with E-state index >= 15 is 0 Å². The largest absolute Gasteiger partial charge is 0.379 e. The van der Waals surface area contributed by atoms with E-state index in [1.165, 1.54) is 6.42 Å². The zero-order valence-electron chi connectivity index (χ0n) is 16.5. The lowest BCUT2D eigenvalue weighted by Crippen LogP contribution is -2.38. The molecule has 1 aromatic rings. The molecule has 0 radical (unpaired) electrons. The van der Waals surface area contributed by atoms with E-state index in [4.69, 9.17) is 4.74 Å². The van der Waals surface area contributed by atoms with Crippen molar-refractivity contribution in [3.05, 3.63) is 29.8 Å². The van der Waals surface area contributed by atoms with Gasteiger partial charge in [0.05, 0.1) is 13.2 Å².